The highest BCUT2D eigenvalue weighted by Gasteiger charge is 2.47. The van der Waals surface area contributed by atoms with Crippen LogP contribution in [-0.4, -0.2) is 55.5 Å². The van der Waals surface area contributed by atoms with Crippen molar-refractivity contribution in [2.24, 2.45) is 9.98 Å². The number of hydrogen-bond acceptors (Lipinski definition) is 4. The molecule has 1 aromatic rings. The van der Waals surface area contributed by atoms with Crippen LogP contribution in [0.15, 0.2) is 28.2 Å². The number of fused-ring (bicyclic) bond motifs is 1. The number of hydrogen-bond donors (Lipinski definition) is 0. The molecule has 1 saturated heterocycles. The van der Waals surface area contributed by atoms with Crippen molar-refractivity contribution in [2.45, 2.75) is 38.3 Å². The van der Waals surface area contributed by atoms with E-state index in [1.54, 1.807) is 12.1 Å². The third-order valence-corrected chi connectivity index (χ3v) is 4.69. The first kappa shape index (κ1) is 22.1. The van der Waals surface area contributed by atoms with Gasteiger partial charge >= 0.3 is 18.6 Å². The van der Waals surface area contributed by atoms with Crippen LogP contribution in [0.4, 0.5) is 36.8 Å². The minimum atomic E-state index is -5.22. The van der Waals surface area contributed by atoms with Crippen molar-refractivity contribution in [3.8, 4) is 0 Å². The smallest absolute Gasteiger partial charge is 0.383 e. The standard InChI is InChI=1S/C18H18F6N4O2/c1-30-10-9-27-14(25-17(19,20)21)15(26-18(22,23)24)28(16(27)29)13-8-4-6-11-5-2-3-7-12(11)13/h4,6,8H,2-3,5,7,9-10H2,1H3. The molecule has 3 rings (SSSR count). The van der Waals surface area contributed by atoms with Crippen LogP contribution in [-0.2, 0) is 17.6 Å². The minimum absolute atomic E-state index is 0.0787. The van der Waals surface area contributed by atoms with E-state index in [-0.39, 0.29) is 12.3 Å². The van der Waals surface area contributed by atoms with E-state index >= 15 is 0 Å². The van der Waals surface area contributed by atoms with E-state index in [0.29, 0.717) is 28.2 Å². The lowest BCUT2D eigenvalue weighted by molar-refractivity contribution is -0.121. The van der Waals surface area contributed by atoms with Gasteiger partial charge in [0.15, 0.2) is 11.7 Å². The van der Waals surface area contributed by atoms with Gasteiger partial charge in [-0.15, -0.1) is 26.3 Å². The number of benzene rings is 1. The lowest BCUT2D eigenvalue weighted by Crippen LogP contribution is -2.36. The quantitative estimate of drug-likeness (QED) is 0.522. The Labute approximate surface area is 167 Å². The summed E-state index contributed by atoms with van der Waals surface area (Å²) in [6.07, 6.45) is -7.67. The second-order valence-corrected chi connectivity index (χ2v) is 6.69. The molecule has 2 amide bonds. The van der Waals surface area contributed by atoms with E-state index in [0.717, 1.165) is 18.4 Å². The number of urea groups is 1. The molecule has 0 atom stereocenters. The summed E-state index contributed by atoms with van der Waals surface area (Å²) in [5, 5.41) is 0. The maximum Gasteiger partial charge on any atom is 0.505 e. The summed E-state index contributed by atoms with van der Waals surface area (Å²) in [6, 6.07) is 3.64. The highest BCUT2D eigenvalue weighted by molar-refractivity contribution is 6.56. The van der Waals surface area contributed by atoms with E-state index in [4.69, 9.17) is 4.74 Å². The Balaban J connectivity index is 2.21. The number of aliphatic imine (C=N–C) groups is 2. The minimum Gasteiger partial charge on any atom is -0.383 e. The number of rotatable bonds is 4. The molecule has 0 radical (unpaired) electrons. The lowest BCUT2D eigenvalue weighted by Gasteiger charge is -2.24. The molecule has 1 aliphatic heterocycles. The van der Waals surface area contributed by atoms with Gasteiger partial charge in [-0.2, -0.15) is 9.98 Å². The average Bonchev–Trinajstić information content (AvgIpc) is 2.87. The first-order chi connectivity index (χ1) is 14.0. The maximum absolute atomic E-state index is 13.1. The number of amidine groups is 2. The van der Waals surface area contributed by atoms with E-state index < -0.39 is 36.8 Å². The topological polar surface area (TPSA) is 57.5 Å². The van der Waals surface area contributed by atoms with Crippen LogP contribution < -0.4 is 4.90 Å². The first-order valence-electron chi connectivity index (χ1n) is 9.06. The van der Waals surface area contributed by atoms with Crippen LogP contribution in [0.25, 0.3) is 0 Å². The van der Waals surface area contributed by atoms with Crippen molar-refractivity contribution in [1.82, 2.24) is 4.90 Å². The van der Waals surface area contributed by atoms with Crippen LogP contribution in [0.5, 0.6) is 0 Å². The normalized spacial score (nSPS) is 20.4. The number of amides is 2. The summed E-state index contributed by atoms with van der Waals surface area (Å²) >= 11 is 0. The average molecular weight is 436 g/mol. The number of ether oxygens (including phenoxy) is 1. The molecule has 0 spiro atoms. The van der Waals surface area contributed by atoms with Gasteiger partial charge in [-0.25, -0.2) is 9.69 Å². The maximum atomic E-state index is 13.1. The molecule has 30 heavy (non-hydrogen) atoms. The Bertz CT molecular complexity index is 878. The van der Waals surface area contributed by atoms with Gasteiger partial charge in [-0.3, -0.25) is 4.90 Å². The van der Waals surface area contributed by atoms with Crippen molar-refractivity contribution in [3.63, 3.8) is 0 Å². The van der Waals surface area contributed by atoms with Gasteiger partial charge in [0.2, 0.25) is 0 Å². The van der Waals surface area contributed by atoms with Crippen LogP contribution in [0.2, 0.25) is 0 Å². The van der Waals surface area contributed by atoms with E-state index in [1.165, 1.54) is 13.2 Å². The van der Waals surface area contributed by atoms with Crippen molar-refractivity contribution >= 4 is 23.4 Å². The molecule has 164 valence electrons. The molecule has 0 N–H and O–H groups in total. The number of methoxy groups -OCH3 is 1. The second kappa shape index (κ2) is 8.25. The summed E-state index contributed by atoms with van der Waals surface area (Å²) in [4.78, 5) is 19.0. The fourth-order valence-electron chi connectivity index (χ4n) is 3.55. The Morgan fingerprint density at radius 1 is 1.00 bits per heavy atom. The second-order valence-electron chi connectivity index (χ2n) is 6.69. The molecule has 0 bridgehead atoms. The summed E-state index contributed by atoms with van der Waals surface area (Å²) < 4.78 is 83.3. The highest BCUT2D eigenvalue weighted by atomic mass is 19.4. The van der Waals surface area contributed by atoms with Gasteiger partial charge in [0.05, 0.1) is 18.8 Å². The molecule has 1 heterocycles. The number of aryl methyl sites for hydroxylation is 1. The third kappa shape index (κ3) is 4.74. The zero-order valence-corrected chi connectivity index (χ0v) is 15.8. The Kier molecular flexibility index (Phi) is 6.06. The summed E-state index contributed by atoms with van der Waals surface area (Å²) in [7, 11) is 1.25. The number of halogens is 6. The number of alkyl halides is 6. The number of carbonyl (C=O) groups excluding carboxylic acids is 1. The molecule has 0 unspecified atom stereocenters. The van der Waals surface area contributed by atoms with Crippen LogP contribution in [0.1, 0.15) is 24.0 Å². The molecular formula is C18H18F6N4O2. The third-order valence-electron chi connectivity index (χ3n) is 4.69. The van der Waals surface area contributed by atoms with Gasteiger partial charge in [-0.1, -0.05) is 12.1 Å². The van der Waals surface area contributed by atoms with Crippen molar-refractivity contribution in [1.29, 1.82) is 0 Å². The zero-order chi connectivity index (χ0) is 22.1. The number of nitrogens with zero attached hydrogens (tertiary/aromatic N) is 4. The largest absolute Gasteiger partial charge is 0.505 e. The molecule has 12 heteroatoms. The highest BCUT2D eigenvalue weighted by Crippen LogP contribution is 2.35. The van der Waals surface area contributed by atoms with E-state index in [2.05, 4.69) is 9.98 Å². The van der Waals surface area contributed by atoms with Crippen molar-refractivity contribution in [3.05, 3.63) is 29.3 Å². The monoisotopic (exact) mass is 436 g/mol. The Morgan fingerprint density at radius 2 is 1.63 bits per heavy atom. The SMILES string of the molecule is COCCN1C(=O)N(c2cccc3c2CCCC3)C(=NC(F)(F)F)C1=NC(F)(F)F. The summed E-state index contributed by atoms with van der Waals surface area (Å²) in [5.74, 6) is -2.42. The van der Waals surface area contributed by atoms with Gasteiger partial charge in [0.1, 0.15) is 0 Å². The Hall–Kier alpha value is -2.63. The summed E-state index contributed by atoms with van der Waals surface area (Å²) in [6.45, 7) is -0.630. The van der Waals surface area contributed by atoms with Gasteiger partial charge in [0, 0.05) is 7.11 Å². The number of anilines is 1. The van der Waals surface area contributed by atoms with Gasteiger partial charge in [0.25, 0.3) is 0 Å². The van der Waals surface area contributed by atoms with Crippen LogP contribution in [0, 0.1) is 0 Å². The summed E-state index contributed by atoms with van der Waals surface area (Å²) in [5.41, 5.74) is 1.53. The molecule has 1 fully saturated rings. The Morgan fingerprint density at radius 3 is 2.27 bits per heavy atom. The van der Waals surface area contributed by atoms with Crippen LogP contribution >= 0.6 is 0 Å². The molecular weight excluding hydrogens is 418 g/mol. The molecule has 1 aliphatic carbocycles. The fraction of sp³-hybridized carbons (Fsp3) is 0.500. The molecule has 2 aliphatic rings. The fourth-order valence-corrected chi connectivity index (χ4v) is 3.55. The van der Waals surface area contributed by atoms with Crippen molar-refractivity contribution < 1.29 is 35.9 Å². The zero-order valence-electron chi connectivity index (χ0n) is 15.8. The molecule has 0 saturated carbocycles. The van der Waals surface area contributed by atoms with Gasteiger partial charge < -0.3 is 4.74 Å². The van der Waals surface area contributed by atoms with Gasteiger partial charge in [-0.05, 0) is 42.9 Å². The van der Waals surface area contributed by atoms with Crippen molar-refractivity contribution in [2.75, 3.05) is 25.2 Å². The first-order valence-corrected chi connectivity index (χ1v) is 9.06. The predicted molar refractivity (Wildman–Crippen MR) is 96.5 cm³/mol. The lowest BCUT2D eigenvalue weighted by atomic mass is 9.90. The molecule has 6 nitrogen and oxygen atoms in total. The predicted octanol–water partition coefficient (Wildman–Crippen LogP) is 4.29. The van der Waals surface area contributed by atoms with Crippen LogP contribution in [0.3, 0.4) is 0 Å². The number of carbonyl (C=O) groups is 1. The van der Waals surface area contributed by atoms with E-state index in [9.17, 15) is 31.1 Å². The van der Waals surface area contributed by atoms with E-state index in [1.807, 2.05) is 0 Å². The molecule has 0 aromatic heterocycles. The molecule has 1 aromatic carbocycles.